The van der Waals surface area contributed by atoms with Crippen LogP contribution in [0, 0.1) is 0 Å². The molecule has 0 fully saturated rings. The summed E-state index contributed by atoms with van der Waals surface area (Å²) < 4.78 is 1.53. The Morgan fingerprint density at radius 1 is 1.07 bits per heavy atom. The minimum atomic E-state index is -0.366. The van der Waals surface area contributed by atoms with Gasteiger partial charge in [-0.1, -0.05) is 66.4 Å². The summed E-state index contributed by atoms with van der Waals surface area (Å²) in [6, 6.07) is 21.6. The number of carbonyl (C=O) groups excluding carboxylic acids is 1. The molecule has 4 aromatic rings. The van der Waals surface area contributed by atoms with E-state index in [1.54, 1.807) is 19.0 Å². The molecule has 0 saturated heterocycles. The van der Waals surface area contributed by atoms with E-state index in [0.717, 1.165) is 16.3 Å². The Labute approximate surface area is 179 Å². The summed E-state index contributed by atoms with van der Waals surface area (Å²) in [6.45, 7) is 2.39. The van der Waals surface area contributed by atoms with Gasteiger partial charge >= 0.3 is 0 Å². The van der Waals surface area contributed by atoms with E-state index in [1.165, 1.54) is 16.3 Å². The van der Waals surface area contributed by atoms with Crippen molar-refractivity contribution in [1.29, 1.82) is 0 Å². The second-order valence-electron chi connectivity index (χ2n) is 7.42. The maximum atomic E-state index is 12.9. The fourth-order valence-electron chi connectivity index (χ4n) is 3.50. The molecule has 30 heavy (non-hydrogen) atoms. The quantitative estimate of drug-likeness (QED) is 0.277. The maximum absolute atomic E-state index is 12.9. The highest BCUT2D eigenvalue weighted by atomic mass is 32.2. The number of benzene rings is 3. The molecule has 5 nitrogen and oxygen atoms in total. The van der Waals surface area contributed by atoms with E-state index in [1.807, 2.05) is 73.7 Å². The van der Waals surface area contributed by atoms with Crippen LogP contribution in [0.15, 0.2) is 76.7 Å². The second kappa shape index (κ2) is 8.32. The number of carbonyl (C=O) groups is 1. The highest BCUT2D eigenvalue weighted by Gasteiger charge is 2.21. The normalized spacial score (nSPS) is 12.2. The van der Waals surface area contributed by atoms with Gasteiger partial charge in [0.1, 0.15) is 0 Å². The van der Waals surface area contributed by atoms with Gasteiger partial charge in [-0.15, -0.1) is 0 Å². The summed E-state index contributed by atoms with van der Waals surface area (Å²) in [5.41, 5.74) is 1.62. The zero-order valence-corrected chi connectivity index (χ0v) is 18.0. The molecule has 0 aliphatic rings. The highest BCUT2D eigenvalue weighted by Crippen LogP contribution is 2.25. The van der Waals surface area contributed by atoms with Crippen molar-refractivity contribution in [1.82, 2.24) is 14.5 Å². The zero-order chi connectivity index (χ0) is 21.3. The number of amides is 1. The number of fused-ring (bicyclic) bond motifs is 2. The van der Waals surface area contributed by atoms with Crippen LogP contribution in [0.3, 0.4) is 0 Å². The van der Waals surface area contributed by atoms with E-state index in [4.69, 9.17) is 4.98 Å². The summed E-state index contributed by atoms with van der Waals surface area (Å²) in [5.74, 6) is -0.00305. The first-order chi connectivity index (χ1) is 14.4. The molecule has 152 valence electrons. The summed E-state index contributed by atoms with van der Waals surface area (Å²) in [6.07, 6.45) is 0. The fourth-order valence-corrected chi connectivity index (χ4v) is 4.49. The smallest absolute Gasteiger partial charge is 0.261 e. The monoisotopic (exact) mass is 417 g/mol. The third-order valence-electron chi connectivity index (χ3n) is 5.17. The van der Waals surface area contributed by atoms with Gasteiger partial charge in [-0.3, -0.25) is 14.2 Å². The molecule has 0 unspecified atom stereocenters. The van der Waals surface area contributed by atoms with Crippen molar-refractivity contribution in [2.75, 3.05) is 7.05 Å². The fraction of sp³-hybridized carbons (Fsp3) is 0.208. The molecule has 0 N–H and O–H groups in total. The van der Waals surface area contributed by atoms with Crippen LogP contribution in [0.1, 0.15) is 12.5 Å². The number of aromatic nitrogens is 2. The second-order valence-corrected chi connectivity index (χ2v) is 8.72. The molecule has 6 heteroatoms. The van der Waals surface area contributed by atoms with Gasteiger partial charge in [-0.05, 0) is 35.4 Å². The Balaban J connectivity index is 1.61. The van der Waals surface area contributed by atoms with E-state index in [9.17, 15) is 9.59 Å². The number of rotatable bonds is 5. The van der Waals surface area contributed by atoms with Gasteiger partial charge in [0, 0.05) is 20.6 Å². The molecule has 1 atom stereocenters. The van der Waals surface area contributed by atoms with Gasteiger partial charge in [0.15, 0.2) is 5.16 Å². The van der Waals surface area contributed by atoms with Crippen molar-refractivity contribution < 1.29 is 4.79 Å². The van der Waals surface area contributed by atoms with Crippen molar-refractivity contribution in [3.8, 4) is 0 Å². The van der Waals surface area contributed by atoms with Gasteiger partial charge in [-0.2, -0.15) is 0 Å². The van der Waals surface area contributed by atoms with Crippen LogP contribution in [0.5, 0.6) is 0 Å². The molecule has 1 aromatic heterocycles. The van der Waals surface area contributed by atoms with Gasteiger partial charge in [0.05, 0.1) is 16.2 Å². The lowest BCUT2D eigenvalue weighted by molar-refractivity contribution is -0.129. The molecular weight excluding hydrogens is 394 g/mol. The van der Waals surface area contributed by atoms with Crippen LogP contribution in [0.4, 0.5) is 0 Å². The Bertz CT molecular complexity index is 1280. The van der Waals surface area contributed by atoms with Crippen molar-refractivity contribution >= 4 is 39.3 Å². The van der Waals surface area contributed by atoms with Crippen molar-refractivity contribution in [3.63, 3.8) is 0 Å². The molecule has 3 aromatic carbocycles. The molecule has 0 radical (unpaired) electrons. The molecule has 0 aliphatic carbocycles. The Kier molecular flexibility index (Phi) is 5.59. The molecule has 0 bridgehead atoms. The predicted molar refractivity (Wildman–Crippen MR) is 123 cm³/mol. The summed E-state index contributed by atoms with van der Waals surface area (Å²) in [7, 11) is 3.50. The van der Waals surface area contributed by atoms with Crippen LogP contribution >= 0.6 is 11.8 Å². The molecular formula is C24H23N3O2S. The van der Waals surface area contributed by atoms with Crippen molar-refractivity contribution in [2.24, 2.45) is 7.05 Å². The SMILES string of the molecule is C[C@H](Sc1nc2cc3ccccc3cc2c(=O)n1C)C(=O)N(C)Cc1ccccc1. The summed E-state index contributed by atoms with van der Waals surface area (Å²) in [4.78, 5) is 32.2. The van der Waals surface area contributed by atoms with Crippen molar-refractivity contribution in [3.05, 3.63) is 82.6 Å². The Hall–Kier alpha value is -3.12. The lowest BCUT2D eigenvalue weighted by Crippen LogP contribution is -2.33. The number of thioether (sulfide) groups is 1. The van der Waals surface area contributed by atoms with Crippen LogP contribution in [0.2, 0.25) is 0 Å². The van der Waals surface area contributed by atoms with E-state index in [2.05, 4.69) is 0 Å². The maximum Gasteiger partial charge on any atom is 0.261 e. The minimum Gasteiger partial charge on any atom is -0.340 e. The van der Waals surface area contributed by atoms with Gasteiger partial charge in [-0.25, -0.2) is 4.98 Å². The number of nitrogens with zero attached hydrogens (tertiary/aromatic N) is 3. The first-order valence-electron chi connectivity index (χ1n) is 9.79. The standard InChI is InChI=1S/C24H23N3O2S/c1-16(22(28)26(2)15-17-9-5-4-6-10-17)30-24-25-21-14-19-12-8-7-11-18(19)13-20(21)23(29)27(24)3/h4-14,16H,15H2,1-3H3/t16-/m0/s1. The molecule has 1 amide bonds. The van der Waals surface area contributed by atoms with Gasteiger partial charge in [0.2, 0.25) is 5.91 Å². The Morgan fingerprint density at radius 3 is 2.40 bits per heavy atom. The van der Waals surface area contributed by atoms with Crippen LogP contribution in [-0.2, 0) is 18.4 Å². The predicted octanol–water partition coefficient (Wildman–Crippen LogP) is 4.23. The molecule has 1 heterocycles. The van der Waals surface area contributed by atoms with Crippen LogP contribution < -0.4 is 5.56 Å². The van der Waals surface area contributed by atoms with Gasteiger partial charge in [0.25, 0.3) is 5.56 Å². The average molecular weight is 418 g/mol. The van der Waals surface area contributed by atoms with E-state index in [-0.39, 0.29) is 16.7 Å². The summed E-state index contributed by atoms with van der Waals surface area (Å²) >= 11 is 1.31. The lowest BCUT2D eigenvalue weighted by Gasteiger charge is -2.21. The number of hydrogen-bond donors (Lipinski definition) is 0. The third-order valence-corrected chi connectivity index (χ3v) is 6.30. The topological polar surface area (TPSA) is 55.2 Å². The van der Waals surface area contributed by atoms with E-state index < -0.39 is 0 Å². The average Bonchev–Trinajstić information content (AvgIpc) is 2.76. The number of hydrogen-bond acceptors (Lipinski definition) is 4. The summed E-state index contributed by atoms with van der Waals surface area (Å²) in [5, 5.41) is 2.80. The first-order valence-corrected chi connectivity index (χ1v) is 10.7. The highest BCUT2D eigenvalue weighted by molar-refractivity contribution is 8.00. The molecule has 4 rings (SSSR count). The largest absolute Gasteiger partial charge is 0.340 e. The Morgan fingerprint density at radius 2 is 1.70 bits per heavy atom. The van der Waals surface area contributed by atoms with E-state index >= 15 is 0 Å². The molecule has 0 saturated carbocycles. The van der Waals surface area contributed by atoms with Gasteiger partial charge < -0.3 is 4.90 Å². The zero-order valence-electron chi connectivity index (χ0n) is 17.2. The minimum absolute atomic E-state index is 0.00305. The van der Waals surface area contributed by atoms with Crippen LogP contribution in [0.25, 0.3) is 21.7 Å². The molecule has 0 aliphatic heterocycles. The lowest BCUT2D eigenvalue weighted by atomic mass is 10.1. The van der Waals surface area contributed by atoms with E-state index in [0.29, 0.717) is 22.6 Å². The third kappa shape index (κ3) is 3.96. The molecule has 0 spiro atoms. The van der Waals surface area contributed by atoms with Crippen LogP contribution in [-0.4, -0.2) is 32.7 Å². The first kappa shape index (κ1) is 20.2. The van der Waals surface area contributed by atoms with Crippen molar-refractivity contribution in [2.45, 2.75) is 23.9 Å².